The van der Waals surface area contributed by atoms with Crippen LogP contribution in [0.15, 0.2) is 0 Å². The minimum atomic E-state index is -0.103. The summed E-state index contributed by atoms with van der Waals surface area (Å²) < 4.78 is 5.73. The van der Waals surface area contributed by atoms with Crippen molar-refractivity contribution in [2.45, 2.75) is 52.2 Å². The largest absolute Gasteiger partial charge is 0.372 e. The molecule has 1 saturated heterocycles. The number of carbonyl (C=O) groups is 1. The van der Waals surface area contributed by atoms with Crippen LogP contribution in [-0.4, -0.2) is 36.6 Å². The van der Waals surface area contributed by atoms with Gasteiger partial charge in [0.2, 0.25) is 0 Å². The van der Waals surface area contributed by atoms with Crippen LogP contribution in [0.1, 0.15) is 50.0 Å². The van der Waals surface area contributed by atoms with Crippen molar-refractivity contribution in [1.29, 1.82) is 0 Å². The van der Waals surface area contributed by atoms with Gasteiger partial charge in [0.15, 0.2) is 11.4 Å². The van der Waals surface area contributed by atoms with Crippen LogP contribution in [-0.2, 0) is 10.2 Å². The number of thiazole rings is 1. The minimum absolute atomic E-state index is 0.103. The Morgan fingerprint density at radius 2 is 1.89 bits per heavy atom. The van der Waals surface area contributed by atoms with Gasteiger partial charge in [0, 0.05) is 18.5 Å². The Balaban J connectivity index is 2.30. The standard InChI is InChI=1S/C14H22N2O2S/c1-9-6-16(7-10(2)18-9)13-15-12(14(3,4)5)11(8-17)19-13/h8-10H,6-7H2,1-5H3/t9-,10+. The lowest BCUT2D eigenvalue weighted by atomic mass is 9.91. The summed E-state index contributed by atoms with van der Waals surface area (Å²) in [4.78, 5) is 18.9. The molecule has 19 heavy (non-hydrogen) atoms. The molecule has 0 aliphatic carbocycles. The SMILES string of the molecule is C[C@@H]1CN(c2nc(C(C)(C)C)c(C=O)s2)C[C@H](C)O1. The number of rotatable bonds is 2. The maximum atomic E-state index is 11.2. The third kappa shape index (κ3) is 3.15. The fourth-order valence-corrected chi connectivity index (χ4v) is 3.52. The molecule has 0 saturated carbocycles. The van der Waals surface area contributed by atoms with Gasteiger partial charge < -0.3 is 9.64 Å². The Labute approximate surface area is 118 Å². The lowest BCUT2D eigenvalue weighted by Gasteiger charge is -2.35. The topological polar surface area (TPSA) is 42.4 Å². The van der Waals surface area contributed by atoms with Crippen molar-refractivity contribution in [3.05, 3.63) is 10.6 Å². The number of aromatic nitrogens is 1. The molecular weight excluding hydrogens is 260 g/mol. The van der Waals surface area contributed by atoms with Crippen molar-refractivity contribution in [2.24, 2.45) is 0 Å². The van der Waals surface area contributed by atoms with E-state index in [1.807, 2.05) is 0 Å². The number of anilines is 1. The quantitative estimate of drug-likeness (QED) is 0.782. The van der Waals surface area contributed by atoms with E-state index in [9.17, 15) is 4.79 Å². The number of aldehydes is 1. The van der Waals surface area contributed by atoms with Gasteiger partial charge in [-0.05, 0) is 13.8 Å². The highest BCUT2D eigenvalue weighted by atomic mass is 32.1. The number of ether oxygens (including phenoxy) is 1. The number of hydrogen-bond donors (Lipinski definition) is 0. The van der Waals surface area contributed by atoms with Gasteiger partial charge in [-0.25, -0.2) is 4.98 Å². The monoisotopic (exact) mass is 282 g/mol. The fraction of sp³-hybridized carbons (Fsp3) is 0.714. The summed E-state index contributed by atoms with van der Waals surface area (Å²) in [6, 6.07) is 0. The first-order valence-corrected chi connectivity index (χ1v) is 7.49. The van der Waals surface area contributed by atoms with Gasteiger partial charge >= 0.3 is 0 Å². The average molecular weight is 282 g/mol. The van der Waals surface area contributed by atoms with E-state index < -0.39 is 0 Å². The molecule has 0 radical (unpaired) electrons. The molecular formula is C14H22N2O2S. The van der Waals surface area contributed by atoms with Gasteiger partial charge in [-0.2, -0.15) is 0 Å². The highest BCUT2D eigenvalue weighted by Crippen LogP contribution is 2.33. The summed E-state index contributed by atoms with van der Waals surface area (Å²) in [6.45, 7) is 12.1. The Hall–Kier alpha value is -0.940. The van der Waals surface area contributed by atoms with Gasteiger partial charge in [0.05, 0.1) is 22.8 Å². The molecule has 1 aromatic heterocycles. The molecule has 4 nitrogen and oxygen atoms in total. The predicted molar refractivity (Wildman–Crippen MR) is 78.4 cm³/mol. The Kier molecular flexibility index (Phi) is 3.97. The highest BCUT2D eigenvalue weighted by Gasteiger charge is 2.28. The van der Waals surface area contributed by atoms with E-state index in [4.69, 9.17) is 9.72 Å². The summed E-state index contributed by atoms with van der Waals surface area (Å²) >= 11 is 1.49. The normalized spacial score (nSPS) is 24.6. The number of nitrogens with zero attached hydrogens (tertiary/aromatic N) is 2. The van der Waals surface area contributed by atoms with Gasteiger partial charge in [0.25, 0.3) is 0 Å². The van der Waals surface area contributed by atoms with Crippen LogP contribution in [0.2, 0.25) is 0 Å². The lowest BCUT2D eigenvalue weighted by Crippen LogP contribution is -2.45. The second-order valence-corrected chi connectivity index (χ2v) is 7.25. The molecule has 2 heterocycles. The third-order valence-electron chi connectivity index (χ3n) is 3.15. The third-order valence-corrected chi connectivity index (χ3v) is 4.19. The lowest BCUT2D eigenvalue weighted by molar-refractivity contribution is -0.00523. The van der Waals surface area contributed by atoms with Crippen molar-refractivity contribution in [3.8, 4) is 0 Å². The maximum absolute atomic E-state index is 11.2. The maximum Gasteiger partial charge on any atom is 0.186 e. The van der Waals surface area contributed by atoms with Crippen molar-refractivity contribution < 1.29 is 9.53 Å². The molecule has 2 rings (SSSR count). The Bertz CT molecular complexity index is 455. The molecule has 1 fully saturated rings. The first kappa shape index (κ1) is 14.5. The van der Waals surface area contributed by atoms with E-state index in [2.05, 4.69) is 39.5 Å². The van der Waals surface area contributed by atoms with E-state index in [0.29, 0.717) is 0 Å². The fourth-order valence-electron chi connectivity index (χ4n) is 2.41. The van der Waals surface area contributed by atoms with E-state index in [1.54, 1.807) is 0 Å². The van der Waals surface area contributed by atoms with Crippen LogP contribution in [0.3, 0.4) is 0 Å². The minimum Gasteiger partial charge on any atom is -0.372 e. The van der Waals surface area contributed by atoms with Gasteiger partial charge in [-0.3, -0.25) is 4.79 Å². The highest BCUT2D eigenvalue weighted by molar-refractivity contribution is 7.17. The van der Waals surface area contributed by atoms with E-state index in [-0.39, 0.29) is 17.6 Å². The summed E-state index contributed by atoms with van der Waals surface area (Å²) in [5.74, 6) is 0. The molecule has 0 amide bonds. The molecule has 0 N–H and O–H groups in total. The van der Waals surface area contributed by atoms with Crippen LogP contribution in [0.5, 0.6) is 0 Å². The zero-order chi connectivity index (χ0) is 14.2. The predicted octanol–water partition coefficient (Wildman–Crippen LogP) is 2.87. The first-order valence-electron chi connectivity index (χ1n) is 6.68. The molecule has 5 heteroatoms. The van der Waals surface area contributed by atoms with E-state index in [0.717, 1.165) is 35.1 Å². The molecule has 0 unspecified atom stereocenters. The van der Waals surface area contributed by atoms with Crippen molar-refractivity contribution in [2.75, 3.05) is 18.0 Å². The summed E-state index contributed by atoms with van der Waals surface area (Å²) in [6.07, 6.45) is 1.32. The zero-order valence-electron chi connectivity index (χ0n) is 12.3. The summed E-state index contributed by atoms with van der Waals surface area (Å²) in [5.41, 5.74) is 0.795. The van der Waals surface area contributed by atoms with Crippen LogP contribution < -0.4 is 4.90 Å². The first-order chi connectivity index (χ1) is 8.81. The van der Waals surface area contributed by atoms with E-state index >= 15 is 0 Å². The molecule has 0 spiro atoms. The van der Waals surface area contributed by atoms with Gasteiger partial charge in [0.1, 0.15) is 0 Å². The summed E-state index contributed by atoms with van der Waals surface area (Å²) in [5, 5.41) is 0.939. The smallest absolute Gasteiger partial charge is 0.186 e. The van der Waals surface area contributed by atoms with Gasteiger partial charge in [-0.1, -0.05) is 32.1 Å². The average Bonchev–Trinajstić information content (AvgIpc) is 2.71. The van der Waals surface area contributed by atoms with Crippen molar-refractivity contribution >= 4 is 22.8 Å². The number of morpholine rings is 1. The molecule has 0 bridgehead atoms. The Morgan fingerprint density at radius 3 is 2.32 bits per heavy atom. The molecule has 0 aromatic carbocycles. The van der Waals surface area contributed by atoms with E-state index in [1.165, 1.54) is 11.3 Å². The zero-order valence-corrected chi connectivity index (χ0v) is 13.1. The van der Waals surface area contributed by atoms with Crippen LogP contribution in [0.25, 0.3) is 0 Å². The second-order valence-electron chi connectivity index (χ2n) is 6.24. The number of hydrogen-bond acceptors (Lipinski definition) is 5. The van der Waals surface area contributed by atoms with Crippen molar-refractivity contribution in [3.63, 3.8) is 0 Å². The molecule has 2 atom stereocenters. The molecule has 106 valence electrons. The van der Waals surface area contributed by atoms with Crippen LogP contribution in [0, 0.1) is 0 Å². The number of carbonyl (C=O) groups excluding carboxylic acids is 1. The van der Waals surface area contributed by atoms with Crippen LogP contribution in [0.4, 0.5) is 5.13 Å². The van der Waals surface area contributed by atoms with Crippen LogP contribution >= 0.6 is 11.3 Å². The summed E-state index contributed by atoms with van der Waals surface area (Å²) in [7, 11) is 0. The van der Waals surface area contributed by atoms with Gasteiger partial charge in [-0.15, -0.1) is 0 Å². The Morgan fingerprint density at radius 1 is 1.32 bits per heavy atom. The van der Waals surface area contributed by atoms with Crippen molar-refractivity contribution in [1.82, 2.24) is 4.98 Å². The molecule has 1 aliphatic heterocycles. The second kappa shape index (κ2) is 5.21. The molecule has 1 aliphatic rings. The molecule has 1 aromatic rings.